The minimum atomic E-state index is -0.669. The van der Waals surface area contributed by atoms with Crippen molar-refractivity contribution in [1.82, 2.24) is 9.97 Å². The lowest BCUT2D eigenvalue weighted by atomic mass is 9.81. The maximum Gasteiger partial charge on any atom is 0.311 e. The highest BCUT2D eigenvalue weighted by molar-refractivity contribution is 5.77. The molecule has 0 aromatic carbocycles. The average Bonchev–Trinajstić information content (AvgIpc) is 3.03. The van der Waals surface area contributed by atoms with E-state index >= 15 is 0 Å². The van der Waals surface area contributed by atoms with Gasteiger partial charge in [-0.1, -0.05) is 20.3 Å². The molecule has 0 bridgehead atoms. The molecule has 0 amide bonds. The molecule has 6 nitrogen and oxygen atoms in total. The maximum absolute atomic E-state index is 11.7. The normalized spacial score (nSPS) is 27.2. The van der Waals surface area contributed by atoms with Gasteiger partial charge in [0, 0.05) is 13.1 Å². The maximum atomic E-state index is 11.7. The Morgan fingerprint density at radius 1 is 1.55 bits per heavy atom. The number of carboxylic acids is 1. The van der Waals surface area contributed by atoms with E-state index in [0.29, 0.717) is 24.9 Å². The van der Waals surface area contributed by atoms with Crippen LogP contribution in [0.4, 0.5) is 5.82 Å². The van der Waals surface area contributed by atoms with Gasteiger partial charge in [-0.15, -0.1) is 0 Å². The van der Waals surface area contributed by atoms with Crippen molar-refractivity contribution in [2.75, 3.05) is 24.6 Å². The molecule has 0 unspecified atom stereocenters. The molecule has 0 radical (unpaired) electrons. The number of aromatic nitrogens is 2. The highest BCUT2D eigenvalue weighted by atomic mass is 16.5. The van der Waals surface area contributed by atoms with Crippen molar-refractivity contribution in [2.24, 2.45) is 17.3 Å². The van der Waals surface area contributed by atoms with Gasteiger partial charge in [0.2, 0.25) is 5.88 Å². The summed E-state index contributed by atoms with van der Waals surface area (Å²) in [6.45, 7) is 6.02. The molecule has 1 aliphatic carbocycles. The molecule has 2 fully saturated rings. The van der Waals surface area contributed by atoms with Gasteiger partial charge in [0.25, 0.3) is 0 Å². The summed E-state index contributed by atoms with van der Waals surface area (Å²) in [6, 6.07) is 0. The van der Waals surface area contributed by atoms with Crippen LogP contribution in [0.25, 0.3) is 0 Å². The summed E-state index contributed by atoms with van der Waals surface area (Å²) in [5, 5.41) is 9.65. The number of fused-ring (bicyclic) bond motifs is 1. The number of anilines is 1. The Morgan fingerprint density at radius 3 is 3.05 bits per heavy atom. The summed E-state index contributed by atoms with van der Waals surface area (Å²) in [6.07, 6.45) is 6.06. The first-order valence-electron chi connectivity index (χ1n) is 7.94. The van der Waals surface area contributed by atoms with Crippen molar-refractivity contribution in [3.8, 4) is 5.88 Å². The summed E-state index contributed by atoms with van der Waals surface area (Å²) in [7, 11) is 0. The van der Waals surface area contributed by atoms with Crippen molar-refractivity contribution >= 4 is 11.8 Å². The van der Waals surface area contributed by atoms with Crippen LogP contribution in [0.3, 0.4) is 0 Å². The van der Waals surface area contributed by atoms with Crippen LogP contribution < -0.4 is 9.64 Å². The number of ether oxygens (including phenoxy) is 1. The highest BCUT2D eigenvalue weighted by Crippen LogP contribution is 2.49. The third-order valence-corrected chi connectivity index (χ3v) is 4.78. The standard InChI is InChI=1S/C16H23N3O3/c1-11(2)9-22-14-7-17-6-13(18-14)19-8-12-4-3-5-16(12,10-19)15(20)21/h6-7,11-12H,3-5,8-10H2,1-2H3,(H,20,21)/t12-,16+/m0/s1. The van der Waals surface area contributed by atoms with Gasteiger partial charge in [-0.05, 0) is 24.7 Å². The first-order chi connectivity index (χ1) is 10.5. The monoisotopic (exact) mass is 305 g/mol. The zero-order valence-electron chi connectivity index (χ0n) is 13.2. The van der Waals surface area contributed by atoms with Gasteiger partial charge in [0.05, 0.1) is 24.4 Å². The molecule has 2 aliphatic rings. The molecule has 22 heavy (non-hydrogen) atoms. The highest BCUT2D eigenvalue weighted by Gasteiger charge is 2.55. The molecule has 2 atom stereocenters. The first kappa shape index (κ1) is 15.1. The molecule has 1 aromatic heterocycles. The Labute approximate surface area is 130 Å². The van der Waals surface area contributed by atoms with E-state index in [1.54, 1.807) is 12.4 Å². The number of carboxylic acid groups (broad SMARTS) is 1. The molecule has 6 heteroatoms. The van der Waals surface area contributed by atoms with E-state index < -0.39 is 11.4 Å². The molecule has 1 saturated carbocycles. The van der Waals surface area contributed by atoms with Crippen LogP contribution in [-0.2, 0) is 4.79 Å². The van der Waals surface area contributed by atoms with E-state index in [1.165, 1.54) is 0 Å². The van der Waals surface area contributed by atoms with Crippen LogP contribution in [0.5, 0.6) is 5.88 Å². The van der Waals surface area contributed by atoms with E-state index in [1.807, 2.05) is 4.90 Å². The Bertz CT molecular complexity index is 563. The second-order valence-electron chi connectivity index (χ2n) is 6.85. The molecule has 120 valence electrons. The Hall–Kier alpha value is -1.85. The summed E-state index contributed by atoms with van der Waals surface area (Å²) >= 11 is 0. The Morgan fingerprint density at radius 2 is 2.36 bits per heavy atom. The van der Waals surface area contributed by atoms with Crippen LogP contribution in [-0.4, -0.2) is 40.7 Å². The van der Waals surface area contributed by atoms with E-state index in [-0.39, 0.29) is 5.92 Å². The second-order valence-corrected chi connectivity index (χ2v) is 6.85. The second kappa shape index (κ2) is 5.74. The van der Waals surface area contributed by atoms with Gasteiger partial charge in [-0.3, -0.25) is 9.78 Å². The molecule has 2 heterocycles. The van der Waals surface area contributed by atoms with Crippen molar-refractivity contribution in [2.45, 2.75) is 33.1 Å². The number of aliphatic carboxylic acids is 1. The van der Waals surface area contributed by atoms with Gasteiger partial charge in [-0.25, -0.2) is 0 Å². The molecule has 1 saturated heterocycles. The van der Waals surface area contributed by atoms with Crippen molar-refractivity contribution in [1.29, 1.82) is 0 Å². The molecule has 1 N–H and O–H groups in total. The van der Waals surface area contributed by atoms with Gasteiger partial charge in [-0.2, -0.15) is 4.98 Å². The molecule has 1 aliphatic heterocycles. The van der Waals surface area contributed by atoms with Crippen LogP contribution in [0.1, 0.15) is 33.1 Å². The smallest absolute Gasteiger partial charge is 0.311 e. The summed E-state index contributed by atoms with van der Waals surface area (Å²) < 4.78 is 5.62. The summed E-state index contributed by atoms with van der Waals surface area (Å²) in [5.41, 5.74) is -0.601. The van der Waals surface area contributed by atoms with Gasteiger partial charge in [0.1, 0.15) is 0 Å². The van der Waals surface area contributed by atoms with E-state index in [9.17, 15) is 9.90 Å². The van der Waals surface area contributed by atoms with Gasteiger partial charge < -0.3 is 14.7 Å². The van der Waals surface area contributed by atoms with Gasteiger partial charge >= 0.3 is 5.97 Å². The van der Waals surface area contributed by atoms with Crippen LogP contribution in [0.15, 0.2) is 12.4 Å². The zero-order chi connectivity index (χ0) is 15.7. The fourth-order valence-corrected chi connectivity index (χ4v) is 3.63. The lowest BCUT2D eigenvalue weighted by Gasteiger charge is -2.23. The first-order valence-corrected chi connectivity index (χ1v) is 7.94. The average molecular weight is 305 g/mol. The topological polar surface area (TPSA) is 75.5 Å². The van der Waals surface area contributed by atoms with Crippen LogP contribution in [0.2, 0.25) is 0 Å². The summed E-state index contributed by atoms with van der Waals surface area (Å²) in [4.78, 5) is 22.5. The molecule has 0 spiro atoms. The fraction of sp³-hybridized carbons (Fsp3) is 0.688. The number of rotatable bonds is 5. The van der Waals surface area contributed by atoms with E-state index in [2.05, 4.69) is 23.8 Å². The molecular weight excluding hydrogens is 282 g/mol. The van der Waals surface area contributed by atoms with Crippen molar-refractivity contribution in [3.05, 3.63) is 12.4 Å². The Kier molecular flexibility index (Phi) is 3.93. The van der Waals surface area contributed by atoms with Crippen molar-refractivity contribution < 1.29 is 14.6 Å². The third kappa shape index (κ3) is 2.62. The van der Waals surface area contributed by atoms with E-state index in [0.717, 1.165) is 31.6 Å². The lowest BCUT2D eigenvalue weighted by Crippen LogP contribution is -2.35. The van der Waals surface area contributed by atoms with Crippen LogP contribution >= 0.6 is 0 Å². The van der Waals surface area contributed by atoms with E-state index in [4.69, 9.17) is 4.74 Å². The predicted octanol–water partition coefficient (Wildman–Crippen LogP) is 2.20. The fourth-order valence-electron chi connectivity index (χ4n) is 3.63. The SMILES string of the molecule is CC(C)COc1cncc(N2C[C@@H]3CCC[C@@]3(C(=O)O)C2)n1. The van der Waals surface area contributed by atoms with Crippen molar-refractivity contribution in [3.63, 3.8) is 0 Å². The third-order valence-electron chi connectivity index (χ3n) is 4.78. The largest absolute Gasteiger partial charge is 0.481 e. The van der Waals surface area contributed by atoms with Crippen LogP contribution in [0, 0.1) is 17.3 Å². The molecule has 1 aromatic rings. The molecular formula is C16H23N3O3. The Balaban J connectivity index is 1.76. The lowest BCUT2D eigenvalue weighted by molar-refractivity contribution is -0.149. The number of hydrogen-bond donors (Lipinski definition) is 1. The predicted molar refractivity (Wildman–Crippen MR) is 82.0 cm³/mol. The number of nitrogens with zero attached hydrogens (tertiary/aromatic N) is 3. The zero-order valence-corrected chi connectivity index (χ0v) is 13.2. The van der Waals surface area contributed by atoms with Gasteiger partial charge in [0.15, 0.2) is 5.82 Å². The number of hydrogen-bond acceptors (Lipinski definition) is 5. The summed E-state index contributed by atoms with van der Waals surface area (Å²) in [5.74, 6) is 1.19. The quantitative estimate of drug-likeness (QED) is 0.899. The molecule has 3 rings (SSSR count). The number of carbonyl (C=O) groups is 1. The minimum Gasteiger partial charge on any atom is -0.481 e. The minimum absolute atomic E-state index is 0.215.